The minimum absolute atomic E-state index is 0.196. The second kappa shape index (κ2) is 11.0. The van der Waals surface area contributed by atoms with Crippen LogP contribution in [0.2, 0.25) is 15.1 Å². The number of carbonyl (C=O) groups excluding carboxylic acids is 3. The van der Waals surface area contributed by atoms with Crippen molar-refractivity contribution in [3.8, 4) is 11.5 Å². The Morgan fingerprint density at radius 3 is 2.28 bits per heavy atom. The third kappa shape index (κ3) is 5.65. The summed E-state index contributed by atoms with van der Waals surface area (Å²) in [4.78, 5) is 39.1. The molecule has 0 atom stereocenters. The van der Waals surface area contributed by atoms with E-state index in [1.165, 1.54) is 18.2 Å². The summed E-state index contributed by atoms with van der Waals surface area (Å²) in [6.07, 6.45) is 1.35. The Hall–Kier alpha value is -3.52. The van der Waals surface area contributed by atoms with E-state index < -0.39 is 17.8 Å². The summed E-state index contributed by atoms with van der Waals surface area (Å²) >= 11 is 18.2. The number of amides is 4. The number of urea groups is 1. The van der Waals surface area contributed by atoms with Crippen molar-refractivity contribution in [2.75, 3.05) is 11.5 Å². The van der Waals surface area contributed by atoms with Gasteiger partial charge in [-0.05, 0) is 67.6 Å². The van der Waals surface area contributed by atoms with E-state index in [1.807, 2.05) is 6.92 Å². The van der Waals surface area contributed by atoms with Gasteiger partial charge in [-0.2, -0.15) is 0 Å². The first-order valence-corrected chi connectivity index (χ1v) is 11.9. The smallest absolute Gasteiger partial charge is 0.335 e. The number of halogens is 3. The average molecular weight is 546 g/mol. The highest BCUT2D eigenvalue weighted by Crippen LogP contribution is 2.29. The molecule has 7 nitrogen and oxygen atoms in total. The highest BCUT2D eigenvalue weighted by molar-refractivity contribution is 6.39. The summed E-state index contributed by atoms with van der Waals surface area (Å²) in [6, 6.07) is 15.4. The van der Waals surface area contributed by atoms with Crippen LogP contribution in [0.25, 0.3) is 6.08 Å². The third-order valence-electron chi connectivity index (χ3n) is 5.18. The first kappa shape index (κ1) is 25.6. The predicted octanol–water partition coefficient (Wildman–Crippen LogP) is 6.29. The largest absolute Gasteiger partial charge is 0.493 e. The standard InChI is InChI=1S/C26H19Cl3N2O5/c1-2-35-23-10-5-17(27)11-16(23)12-21-24(32)30-26(34)31(25(21)33)19-6-8-20(9-7-19)36-14-15-3-4-18(28)13-22(15)29/h3-13H,2,14H2,1H3,(H,30,32,34)/b21-12+. The highest BCUT2D eigenvalue weighted by atomic mass is 35.5. The molecule has 3 aromatic carbocycles. The molecule has 3 aromatic rings. The topological polar surface area (TPSA) is 84.9 Å². The lowest BCUT2D eigenvalue weighted by atomic mass is 10.1. The van der Waals surface area contributed by atoms with Crippen LogP contribution in [-0.4, -0.2) is 24.5 Å². The van der Waals surface area contributed by atoms with E-state index >= 15 is 0 Å². The van der Waals surface area contributed by atoms with Gasteiger partial charge in [-0.15, -0.1) is 0 Å². The molecule has 1 aliphatic heterocycles. The molecule has 36 heavy (non-hydrogen) atoms. The van der Waals surface area contributed by atoms with Crippen molar-refractivity contribution in [2.45, 2.75) is 13.5 Å². The van der Waals surface area contributed by atoms with Gasteiger partial charge < -0.3 is 9.47 Å². The van der Waals surface area contributed by atoms with E-state index in [1.54, 1.807) is 48.5 Å². The van der Waals surface area contributed by atoms with Crippen LogP contribution in [0.1, 0.15) is 18.1 Å². The van der Waals surface area contributed by atoms with Gasteiger partial charge in [0.25, 0.3) is 11.8 Å². The van der Waals surface area contributed by atoms with E-state index in [-0.39, 0.29) is 17.9 Å². The number of nitrogens with one attached hydrogen (secondary N) is 1. The van der Waals surface area contributed by atoms with Crippen LogP contribution in [-0.2, 0) is 16.2 Å². The summed E-state index contributed by atoms with van der Waals surface area (Å²) in [6.45, 7) is 2.38. The van der Waals surface area contributed by atoms with Crippen molar-refractivity contribution in [1.29, 1.82) is 0 Å². The summed E-state index contributed by atoms with van der Waals surface area (Å²) in [7, 11) is 0. The lowest BCUT2D eigenvalue weighted by Crippen LogP contribution is -2.54. The molecule has 184 valence electrons. The monoisotopic (exact) mass is 544 g/mol. The molecule has 4 amide bonds. The number of ether oxygens (including phenoxy) is 2. The molecule has 1 aliphatic rings. The van der Waals surface area contributed by atoms with Crippen LogP contribution < -0.4 is 19.7 Å². The molecule has 0 radical (unpaired) electrons. The Bertz CT molecular complexity index is 1370. The Morgan fingerprint density at radius 1 is 0.889 bits per heavy atom. The van der Waals surface area contributed by atoms with Gasteiger partial charge in [0, 0.05) is 26.2 Å². The molecule has 0 bridgehead atoms. The lowest BCUT2D eigenvalue weighted by molar-refractivity contribution is -0.122. The Kier molecular flexibility index (Phi) is 7.84. The van der Waals surface area contributed by atoms with Gasteiger partial charge in [-0.3, -0.25) is 14.9 Å². The number of hydrogen-bond acceptors (Lipinski definition) is 5. The molecule has 10 heteroatoms. The van der Waals surface area contributed by atoms with E-state index in [0.717, 1.165) is 10.5 Å². The Labute approximate surface area is 222 Å². The third-order valence-corrected chi connectivity index (χ3v) is 6.00. The van der Waals surface area contributed by atoms with Crippen LogP contribution in [0.5, 0.6) is 11.5 Å². The molecule has 0 unspecified atom stereocenters. The van der Waals surface area contributed by atoms with Crippen molar-refractivity contribution in [2.24, 2.45) is 0 Å². The molecule has 1 heterocycles. The van der Waals surface area contributed by atoms with Gasteiger partial charge >= 0.3 is 6.03 Å². The van der Waals surface area contributed by atoms with Crippen molar-refractivity contribution < 1.29 is 23.9 Å². The normalized spacial score (nSPS) is 14.7. The Morgan fingerprint density at radius 2 is 1.58 bits per heavy atom. The molecule has 4 rings (SSSR count). The number of hydrogen-bond donors (Lipinski definition) is 1. The van der Waals surface area contributed by atoms with Crippen LogP contribution in [0.15, 0.2) is 66.2 Å². The molecule has 1 N–H and O–H groups in total. The fourth-order valence-corrected chi connectivity index (χ4v) is 4.10. The van der Waals surface area contributed by atoms with Crippen LogP contribution in [0, 0.1) is 0 Å². The predicted molar refractivity (Wildman–Crippen MR) is 139 cm³/mol. The summed E-state index contributed by atoms with van der Waals surface area (Å²) in [5, 5.41) is 3.60. The summed E-state index contributed by atoms with van der Waals surface area (Å²) in [5.41, 5.74) is 1.19. The zero-order valence-electron chi connectivity index (χ0n) is 18.9. The minimum atomic E-state index is -0.861. The fourth-order valence-electron chi connectivity index (χ4n) is 3.46. The van der Waals surface area contributed by atoms with Crippen molar-refractivity contribution in [3.63, 3.8) is 0 Å². The number of benzene rings is 3. The van der Waals surface area contributed by atoms with Crippen molar-refractivity contribution in [3.05, 3.63) is 92.4 Å². The molecular weight excluding hydrogens is 527 g/mol. The van der Waals surface area contributed by atoms with E-state index in [4.69, 9.17) is 44.3 Å². The van der Waals surface area contributed by atoms with E-state index in [2.05, 4.69) is 5.32 Å². The maximum Gasteiger partial charge on any atom is 0.335 e. The summed E-state index contributed by atoms with van der Waals surface area (Å²) < 4.78 is 11.3. The van der Waals surface area contributed by atoms with Gasteiger partial charge in [0.1, 0.15) is 23.7 Å². The van der Waals surface area contributed by atoms with Gasteiger partial charge in [0.2, 0.25) is 0 Å². The SMILES string of the molecule is CCOc1ccc(Cl)cc1/C=C1\C(=O)NC(=O)N(c2ccc(OCc3ccc(Cl)cc3Cl)cc2)C1=O. The number of barbiturate groups is 1. The van der Waals surface area contributed by atoms with E-state index in [0.29, 0.717) is 38.7 Å². The fraction of sp³-hybridized carbons (Fsp3) is 0.115. The van der Waals surface area contributed by atoms with Crippen LogP contribution in [0.3, 0.4) is 0 Å². The Balaban J connectivity index is 1.56. The zero-order chi connectivity index (χ0) is 25.8. The van der Waals surface area contributed by atoms with Gasteiger partial charge in [-0.25, -0.2) is 9.69 Å². The van der Waals surface area contributed by atoms with E-state index in [9.17, 15) is 14.4 Å². The molecule has 0 spiro atoms. The molecule has 0 saturated carbocycles. The maximum atomic E-state index is 13.2. The van der Waals surface area contributed by atoms with Crippen molar-refractivity contribution in [1.82, 2.24) is 5.32 Å². The highest BCUT2D eigenvalue weighted by Gasteiger charge is 2.37. The second-order valence-electron chi connectivity index (χ2n) is 7.59. The molecule has 1 saturated heterocycles. The number of rotatable bonds is 7. The van der Waals surface area contributed by atoms with Crippen LogP contribution >= 0.6 is 34.8 Å². The van der Waals surface area contributed by atoms with Gasteiger partial charge in [-0.1, -0.05) is 40.9 Å². The first-order chi connectivity index (χ1) is 17.3. The molecular formula is C26H19Cl3N2O5. The average Bonchev–Trinajstić information content (AvgIpc) is 2.83. The summed E-state index contributed by atoms with van der Waals surface area (Å²) in [5.74, 6) is -0.668. The number of nitrogens with zero attached hydrogens (tertiary/aromatic N) is 1. The lowest BCUT2D eigenvalue weighted by Gasteiger charge is -2.26. The van der Waals surface area contributed by atoms with Crippen molar-refractivity contribution >= 4 is 64.4 Å². The zero-order valence-corrected chi connectivity index (χ0v) is 21.2. The molecule has 0 aromatic heterocycles. The molecule has 1 fully saturated rings. The second-order valence-corrected chi connectivity index (χ2v) is 8.87. The quantitative estimate of drug-likeness (QED) is 0.279. The molecule has 0 aliphatic carbocycles. The van der Waals surface area contributed by atoms with Gasteiger partial charge in [0.05, 0.1) is 12.3 Å². The van der Waals surface area contributed by atoms with Crippen LogP contribution in [0.4, 0.5) is 10.5 Å². The number of carbonyl (C=O) groups is 3. The first-order valence-electron chi connectivity index (χ1n) is 10.8. The number of imide groups is 2. The maximum absolute atomic E-state index is 13.2. The van der Waals surface area contributed by atoms with Gasteiger partial charge in [0.15, 0.2) is 0 Å². The number of anilines is 1. The minimum Gasteiger partial charge on any atom is -0.493 e.